The van der Waals surface area contributed by atoms with Gasteiger partial charge in [-0.15, -0.1) is 0 Å². The zero-order valence-corrected chi connectivity index (χ0v) is 9.74. The van der Waals surface area contributed by atoms with Crippen molar-refractivity contribution in [2.45, 2.75) is 32.9 Å². The van der Waals surface area contributed by atoms with Crippen LogP contribution in [-0.4, -0.2) is 5.78 Å². The molecular weight excluding hydrogens is 255 g/mol. The Hall–Kier alpha value is -1.46. The number of halogens is 5. The highest BCUT2D eigenvalue weighted by Gasteiger charge is 2.35. The van der Waals surface area contributed by atoms with Crippen LogP contribution in [0.4, 0.5) is 22.0 Å². The molecule has 0 N–H and O–H groups in total. The molecule has 0 fully saturated rings. The number of carbonyl (C=O) groups excluding carboxylic acids is 1. The van der Waals surface area contributed by atoms with Crippen molar-refractivity contribution < 1.29 is 26.7 Å². The summed E-state index contributed by atoms with van der Waals surface area (Å²) in [5.41, 5.74) is -2.47. The fourth-order valence-corrected chi connectivity index (χ4v) is 1.77. The Bertz CT molecular complexity index is 462. The van der Waals surface area contributed by atoms with Crippen LogP contribution in [-0.2, 0) is 12.6 Å². The van der Waals surface area contributed by atoms with Crippen LogP contribution in [0, 0.1) is 0 Å². The van der Waals surface area contributed by atoms with E-state index in [4.69, 9.17) is 0 Å². The summed E-state index contributed by atoms with van der Waals surface area (Å²) in [5.74, 6) is -0.653. The summed E-state index contributed by atoms with van der Waals surface area (Å²) < 4.78 is 63.4. The van der Waals surface area contributed by atoms with Gasteiger partial charge in [0.05, 0.1) is 5.56 Å². The van der Waals surface area contributed by atoms with E-state index >= 15 is 0 Å². The van der Waals surface area contributed by atoms with Gasteiger partial charge in [0.15, 0.2) is 5.78 Å². The minimum Gasteiger partial charge on any atom is -0.295 e. The second kappa shape index (κ2) is 5.04. The highest BCUT2D eigenvalue weighted by molar-refractivity contribution is 5.96. The van der Waals surface area contributed by atoms with Crippen LogP contribution in [0.5, 0.6) is 0 Å². The summed E-state index contributed by atoms with van der Waals surface area (Å²) >= 11 is 0. The average molecular weight is 266 g/mol. The quantitative estimate of drug-likeness (QED) is 0.585. The van der Waals surface area contributed by atoms with Crippen molar-refractivity contribution in [1.29, 1.82) is 0 Å². The summed E-state index contributed by atoms with van der Waals surface area (Å²) in [4.78, 5) is 11.3. The third-order valence-electron chi connectivity index (χ3n) is 2.56. The molecular formula is C12H11F5O. The highest BCUT2D eigenvalue weighted by atomic mass is 19.4. The molecule has 0 unspecified atom stereocenters. The van der Waals surface area contributed by atoms with Crippen molar-refractivity contribution in [1.82, 2.24) is 0 Å². The molecule has 0 bridgehead atoms. The molecule has 0 amide bonds. The van der Waals surface area contributed by atoms with Crippen molar-refractivity contribution in [3.05, 3.63) is 34.4 Å². The molecule has 0 aliphatic carbocycles. The van der Waals surface area contributed by atoms with Crippen molar-refractivity contribution in [2.75, 3.05) is 0 Å². The Morgan fingerprint density at radius 2 is 1.83 bits per heavy atom. The maximum absolute atomic E-state index is 12.8. The molecule has 1 nitrogen and oxygen atoms in total. The third-order valence-corrected chi connectivity index (χ3v) is 2.56. The van der Waals surface area contributed by atoms with E-state index in [-0.39, 0.29) is 17.5 Å². The first-order valence-electron chi connectivity index (χ1n) is 5.21. The zero-order chi connectivity index (χ0) is 14.1. The molecule has 1 aromatic carbocycles. The van der Waals surface area contributed by atoms with E-state index in [1.807, 2.05) is 0 Å². The zero-order valence-electron chi connectivity index (χ0n) is 9.74. The first-order chi connectivity index (χ1) is 8.18. The molecule has 0 spiro atoms. The van der Waals surface area contributed by atoms with Crippen molar-refractivity contribution >= 4 is 5.78 Å². The first kappa shape index (κ1) is 14.6. The van der Waals surface area contributed by atoms with Crippen molar-refractivity contribution in [2.24, 2.45) is 0 Å². The molecule has 0 radical (unpaired) electrons. The Kier molecular flexibility index (Phi) is 4.09. The van der Waals surface area contributed by atoms with E-state index < -0.39 is 29.5 Å². The molecule has 0 atom stereocenters. The SMILES string of the molecule is CCc1c(C(C)=O)cc(C(F)F)cc1C(F)(F)F. The first-order valence-corrected chi connectivity index (χ1v) is 5.21. The lowest BCUT2D eigenvalue weighted by molar-refractivity contribution is -0.138. The minimum atomic E-state index is -4.75. The Morgan fingerprint density at radius 1 is 1.28 bits per heavy atom. The number of ketones is 1. The minimum absolute atomic E-state index is 0.0483. The van der Waals surface area contributed by atoms with Gasteiger partial charge in [0, 0.05) is 11.1 Å². The van der Waals surface area contributed by atoms with Crippen molar-refractivity contribution in [3.8, 4) is 0 Å². The smallest absolute Gasteiger partial charge is 0.295 e. The molecule has 18 heavy (non-hydrogen) atoms. The Morgan fingerprint density at radius 3 is 2.17 bits per heavy atom. The predicted molar refractivity (Wildman–Crippen MR) is 55.8 cm³/mol. The lowest BCUT2D eigenvalue weighted by Crippen LogP contribution is -2.14. The van der Waals surface area contributed by atoms with Crippen LogP contribution in [0.2, 0.25) is 0 Å². The van der Waals surface area contributed by atoms with Gasteiger partial charge in [-0.05, 0) is 31.0 Å². The van der Waals surface area contributed by atoms with Gasteiger partial charge in [0.25, 0.3) is 6.43 Å². The van der Waals surface area contributed by atoms with Gasteiger partial charge in [0.1, 0.15) is 0 Å². The summed E-state index contributed by atoms with van der Waals surface area (Å²) in [5, 5.41) is 0. The summed E-state index contributed by atoms with van der Waals surface area (Å²) in [6.45, 7) is 2.50. The molecule has 0 heterocycles. The molecule has 0 saturated carbocycles. The number of rotatable bonds is 3. The average Bonchev–Trinajstić information content (AvgIpc) is 2.25. The third kappa shape index (κ3) is 2.86. The van der Waals surface area contributed by atoms with E-state index in [9.17, 15) is 26.7 Å². The molecule has 0 saturated heterocycles. The van der Waals surface area contributed by atoms with E-state index in [0.29, 0.717) is 6.07 Å². The molecule has 1 rings (SSSR count). The fourth-order valence-electron chi connectivity index (χ4n) is 1.77. The standard InChI is InChI=1S/C12H11F5O/c1-3-8-9(6(2)18)4-7(11(13)14)5-10(8)12(15,16)17/h4-5,11H,3H2,1-2H3. The maximum atomic E-state index is 12.8. The second-order valence-electron chi connectivity index (χ2n) is 3.80. The van der Waals surface area contributed by atoms with E-state index in [2.05, 4.69) is 0 Å². The molecule has 1 aromatic rings. The van der Waals surface area contributed by atoms with Gasteiger partial charge in [-0.25, -0.2) is 8.78 Å². The van der Waals surface area contributed by atoms with Gasteiger partial charge >= 0.3 is 6.18 Å². The molecule has 100 valence electrons. The lowest BCUT2D eigenvalue weighted by atomic mass is 9.93. The molecule has 6 heteroatoms. The van der Waals surface area contributed by atoms with Crippen LogP contribution in [0.15, 0.2) is 12.1 Å². The maximum Gasteiger partial charge on any atom is 0.416 e. The van der Waals surface area contributed by atoms with Crippen LogP contribution < -0.4 is 0 Å². The number of hydrogen-bond donors (Lipinski definition) is 0. The number of Topliss-reactive ketones (excluding diaryl/α,β-unsaturated/α-hetero) is 1. The van der Waals surface area contributed by atoms with E-state index in [1.165, 1.54) is 6.92 Å². The summed E-state index contributed by atoms with van der Waals surface area (Å²) in [6.07, 6.45) is -7.84. The second-order valence-corrected chi connectivity index (χ2v) is 3.80. The molecule has 0 aliphatic rings. The van der Waals surface area contributed by atoms with Crippen LogP contribution >= 0.6 is 0 Å². The molecule has 0 aromatic heterocycles. The van der Waals surface area contributed by atoms with Crippen LogP contribution in [0.3, 0.4) is 0 Å². The van der Waals surface area contributed by atoms with Crippen LogP contribution in [0.1, 0.15) is 47.3 Å². The van der Waals surface area contributed by atoms with Gasteiger partial charge in [-0.1, -0.05) is 6.92 Å². The largest absolute Gasteiger partial charge is 0.416 e. The predicted octanol–water partition coefficient (Wildman–Crippen LogP) is 4.41. The number of benzene rings is 1. The Labute approximate surface area is 101 Å². The summed E-state index contributed by atoms with van der Waals surface area (Å²) in [7, 11) is 0. The molecule has 0 aliphatic heterocycles. The van der Waals surface area contributed by atoms with Crippen LogP contribution in [0.25, 0.3) is 0 Å². The highest BCUT2D eigenvalue weighted by Crippen LogP contribution is 2.36. The van der Waals surface area contributed by atoms with E-state index in [1.54, 1.807) is 0 Å². The number of carbonyl (C=O) groups is 1. The summed E-state index contributed by atoms with van der Waals surface area (Å²) in [6, 6.07) is 1.25. The normalized spacial score (nSPS) is 12.0. The van der Waals surface area contributed by atoms with Gasteiger partial charge in [0.2, 0.25) is 0 Å². The monoisotopic (exact) mass is 266 g/mol. The van der Waals surface area contributed by atoms with E-state index in [0.717, 1.165) is 13.0 Å². The van der Waals surface area contributed by atoms with Gasteiger partial charge in [-0.3, -0.25) is 4.79 Å². The number of hydrogen-bond acceptors (Lipinski definition) is 1. The lowest BCUT2D eigenvalue weighted by Gasteiger charge is -2.16. The Balaban J connectivity index is 3.62. The fraction of sp³-hybridized carbons (Fsp3) is 0.417. The van der Waals surface area contributed by atoms with Gasteiger partial charge in [-0.2, -0.15) is 13.2 Å². The number of alkyl halides is 5. The van der Waals surface area contributed by atoms with Gasteiger partial charge < -0.3 is 0 Å². The topological polar surface area (TPSA) is 17.1 Å². The van der Waals surface area contributed by atoms with Crippen molar-refractivity contribution in [3.63, 3.8) is 0 Å².